The Morgan fingerprint density at radius 2 is 1.58 bits per heavy atom. The van der Waals surface area contributed by atoms with E-state index in [1.165, 1.54) is 0 Å². The number of anilines is 1. The number of benzene rings is 1. The van der Waals surface area contributed by atoms with Crippen LogP contribution in [0.25, 0.3) is 0 Å². The first-order chi connectivity index (χ1) is 8.99. The van der Waals surface area contributed by atoms with E-state index in [2.05, 4.69) is 16.0 Å². The van der Waals surface area contributed by atoms with E-state index in [1.807, 2.05) is 0 Å². The van der Waals surface area contributed by atoms with Crippen LogP contribution in [-0.4, -0.2) is 36.1 Å². The van der Waals surface area contributed by atoms with Gasteiger partial charge in [-0.25, -0.2) is 4.79 Å². The molecule has 0 aromatic heterocycles. The first-order valence-corrected chi connectivity index (χ1v) is 5.68. The maximum absolute atomic E-state index is 11.4. The van der Waals surface area contributed by atoms with Gasteiger partial charge in [-0.2, -0.15) is 0 Å². The number of carbonyl (C=O) groups excluding carboxylic acids is 2. The van der Waals surface area contributed by atoms with Gasteiger partial charge in [0.15, 0.2) is 0 Å². The molecule has 8 heteroatoms. The van der Waals surface area contributed by atoms with Crippen LogP contribution in [0, 0.1) is 0 Å². The summed E-state index contributed by atoms with van der Waals surface area (Å²) in [5.74, 6) is -1.68. The van der Waals surface area contributed by atoms with E-state index in [-0.39, 0.29) is 13.1 Å². The first-order valence-electron chi connectivity index (χ1n) is 5.30. The Balaban J connectivity index is 2.34. The lowest BCUT2D eigenvalue weighted by Crippen LogP contribution is -2.39. The van der Waals surface area contributed by atoms with Crippen molar-refractivity contribution in [3.05, 3.63) is 29.3 Å². The Morgan fingerprint density at radius 3 is 2.16 bits per heavy atom. The van der Waals surface area contributed by atoms with Gasteiger partial charge in [0.1, 0.15) is 0 Å². The molecule has 0 radical (unpaired) electrons. The maximum Gasteiger partial charge on any atom is 0.404 e. The highest BCUT2D eigenvalue weighted by atomic mass is 35.5. The van der Waals surface area contributed by atoms with E-state index >= 15 is 0 Å². The molecule has 0 aliphatic rings. The number of carboxylic acid groups (broad SMARTS) is 1. The lowest BCUT2D eigenvalue weighted by atomic mass is 10.3. The molecule has 0 aliphatic carbocycles. The molecule has 4 N–H and O–H groups in total. The molecule has 0 bridgehead atoms. The smallest absolute Gasteiger partial charge is 0.404 e. The fourth-order valence-electron chi connectivity index (χ4n) is 1.15. The fraction of sp³-hybridized carbons (Fsp3) is 0.182. The summed E-state index contributed by atoms with van der Waals surface area (Å²) in [6.45, 7) is 0.0501. The average molecular weight is 286 g/mol. The van der Waals surface area contributed by atoms with Crippen LogP contribution in [0.3, 0.4) is 0 Å². The monoisotopic (exact) mass is 285 g/mol. The van der Waals surface area contributed by atoms with Crippen LogP contribution in [0.1, 0.15) is 0 Å². The lowest BCUT2D eigenvalue weighted by Gasteiger charge is -2.06. The highest BCUT2D eigenvalue weighted by Gasteiger charge is 2.12. The van der Waals surface area contributed by atoms with Gasteiger partial charge in [0.05, 0.1) is 0 Å². The second-order valence-electron chi connectivity index (χ2n) is 3.45. The summed E-state index contributed by atoms with van der Waals surface area (Å²) in [4.78, 5) is 32.9. The van der Waals surface area contributed by atoms with Crippen LogP contribution in [-0.2, 0) is 9.59 Å². The van der Waals surface area contributed by atoms with Crippen LogP contribution in [0.15, 0.2) is 24.3 Å². The Hall–Kier alpha value is -2.28. The van der Waals surface area contributed by atoms with Gasteiger partial charge in [-0.3, -0.25) is 9.59 Å². The van der Waals surface area contributed by atoms with E-state index in [0.29, 0.717) is 10.7 Å². The average Bonchev–Trinajstić information content (AvgIpc) is 2.36. The van der Waals surface area contributed by atoms with E-state index in [0.717, 1.165) is 0 Å². The molecular formula is C11H12ClN3O4. The predicted molar refractivity (Wildman–Crippen MR) is 69.1 cm³/mol. The molecule has 3 amide bonds. The van der Waals surface area contributed by atoms with Gasteiger partial charge >= 0.3 is 17.9 Å². The van der Waals surface area contributed by atoms with Crippen molar-refractivity contribution in [2.45, 2.75) is 0 Å². The molecule has 0 fully saturated rings. The molecule has 7 nitrogen and oxygen atoms in total. The third kappa shape index (κ3) is 5.73. The molecule has 0 spiro atoms. The van der Waals surface area contributed by atoms with Crippen molar-refractivity contribution in [2.24, 2.45) is 0 Å². The van der Waals surface area contributed by atoms with Crippen LogP contribution in [0.5, 0.6) is 0 Å². The van der Waals surface area contributed by atoms with Crippen LogP contribution < -0.4 is 16.0 Å². The highest BCUT2D eigenvalue weighted by Crippen LogP contribution is 2.12. The van der Waals surface area contributed by atoms with Gasteiger partial charge in [-0.05, 0) is 24.3 Å². The number of hydrogen-bond donors (Lipinski definition) is 4. The third-order valence-electron chi connectivity index (χ3n) is 2.00. The third-order valence-corrected chi connectivity index (χ3v) is 2.25. The van der Waals surface area contributed by atoms with Crippen molar-refractivity contribution in [3.63, 3.8) is 0 Å². The number of carbonyl (C=O) groups is 3. The van der Waals surface area contributed by atoms with Crippen molar-refractivity contribution in [3.8, 4) is 0 Å². The van der Waals surface area contributed by atoms with Gasteiger partial charge in [-0.15, -0.1) is 0 Å². The van der Waals surface area contributed by atoms with Crippen LogP contribution in [0.2, 0.25) is 5.02 Å². The van der Waals surface area contributed by atoms with E-state index < -0.39 is 17.9 Å². The highest BCUT2D eigenvalue weighted by molar-refractivity contribution is 6.39. The molecule has 0 aliphatic heterocycles. The summed E-state index contributed by atoms with van der Waals surface area (Å²) in [5, 5.41) is 15.5. The number of hydrogen-bond acceptors (Lipinski definition) is 3. The molecule has 0 atom stereocenters. The normalized spacial score (nSPS) is 9.53. The quantitative estimate of drug-likeness (QED) is 0.481. The van der Waals surface area contributed by atoms with Crippen molar-refractivity contribution < 1.29 is 19.5 Å². The number of amides is 3. The Labute approximate surface area is 113 Å². The zero-order valence-electron chi connectivity index (χ0n) is 9.77. The second kappa shape index (κ2) is 7.22. The Morgan fingerprint density at radius 1 is 1.00 bits per heavy atom. The van der Waals surface area contributed by atoms with Crippen LogP contribution in [0.4, 0.5) is 10.5 Å². The van der Waals surface area contributed by atoms with Crippen molar-refractivity contribution in [2.75, 3.05) is 18.4 Å². The molecule has 1 rings (SSSR count). The van der Waals surface area contributed by atoms with Crippen molar-refractivity contribution >= 4 is 35.2 Å². The van der Waals surface area contributed by atoms with Gasteiger partial charge < -0.3 is 21.1 Å². The summed E-state index contributed by atoms with van der Waals surface area (Å²) in [7, 11) is 0. The topological polar surface area (TPSA) is 108 Å². The minimum absolute atomic E-state index is 0.0231. The van der Waals surface area contributed by atoms with E-state index in [9.17, 15) is 14.4 Å². The summed E-state index contributed by atoms with van der Waals surface area (Å²) >= 11 is 5.67. The van der Waals surface area contributed by atoms with Gasteiger partial charge in [0.25, 0.3) is 0 Å². The Kier molecular flexibility index (Phi) is 5.62. The summed E-state index contributed by atoms with van der Waals surface area (Å²) in [6.07, 6.45) is -1.19. The number of rotatable bonds is 4. The first kappa shape index (κ1) is 14.8. The second-order valence-corrected chi connectivity index (χ2v) is 3.89. The fourth-order valence-corrected chi connectivity index (χ4v) is 1.27. The predicted octanol–water partition coefficient (Wildman–Crippen LogP) is 0.662. The molecule has 19 heavy (non-hydrogen) atoms. The number of nitrogens with one attached hydrogen (secondary N) is 3. The Bertz CT molecular complexity index is 475. The lowest BCUT2D eigenvalue weighted by molar-refractivity contribution is -0.136. The van der Waals surface area contributed by atoms with Gasteiger partial charge in [-0.1, -0.05) is 11.6 Å². The zero-order chi connectivity index (χ0) is 14.3. The van der Waals surface area contributed by atoms with E-state index in [4.69, 9.17) is 16.7 Å². The zero-order valence-corrected chi connectivity index (χ0v) is 10.5. The van der Waals surface area contributed by atoms with Crippen molar-refractivity contribution in [1.82, 2.24) is 10.6 Å². The molecule has 0 saturated heterocycles. The minimum atomic E-state index is -1.19. The molecule has 102 valence electrons. The largest absolute Gasteiger partial charge is 0.465 e. The molecule has 1 aromatic carbocycles. The van der Waals surface area contributed by atoms with Crippen molar-refractivity contribution in [1.29, 1.82) is 0 Å². The molecular weight excluding hydrogens is 274 g/mol. The number of halogens is 1. The van der Waals surface area contributed by atoms with Gasteiger partial charge in [0.2, 0.25) is 0 Å². The summed E-state index contributed by atoms with van der Waals surface area (Å²) < 4.78 is 0. The molecule has 1 aromatic rings. The molecule has 0 unspecified atom stereocenters. The summed E-state index contributed by atoms with van der Waals surface area (Å²) in [5.41, 5.74) is 0.438. The maximum atomic E-state index is 11.4. The molecule has 0 saturated carbocycles. The van der Waals surface area contributed by atoms with E-state index in [1.54, 1.807) is 24.3 Å². The van der Waals surface area contributed by atoms with Gasteiger partial charge in [0, 0.05) is 23.8 Å². The summed E-state index contributed by atoms with van der Waals surface area (Å²) in [6, 6.07) is 6.26. The molecule has 0 heterocycles. The van der Waals surface area contributed by atoms with Crippen LogP contribution >= 0.6 is 11.6 Å². The SMILES string of the molecule is O=C(O)NCCNC(=O)C(=O)Nc1ccc(Cl)cc1. The minimum Gasteiger partial charge on any atom is -0.465 e. The standard InChI is InChI=1S/C11H12ClN3O4/c12-7-1-3-8(4-2-7)15-10(17)9(16)13-5-6-14-11(18)19/h1-4,14H,5-6H2,(H,13,16)(H,15,17)(H,18,19).